The van der Waals surface area contributed by atoms with Gasteiger partial charge in [-0.1, -0.05) is 31.5 Å². The van der Waals surface area contributed by atoms with Gasteiger partial charge in [-0.3, -0.25) is 4.90 Å². The molecular weight excluding hydrogens is 346 g/mol. The van der Waals surface area contributed by atoms with E-state index in [0.717, 1.165) is 44.6 Å². The van der Waals surface area contributed by atoms with Crippen LogP contribution in [-0.2, 0) is 0 Å². The molecule has 1 aliphatic rings. The van der Waals surface area contributed by atoms with E-state index in [9.17, 15) is 4.39 Å². The summed E-state index contributed by atoms with van der Waals surface area (Å²) in [5.41, 5.74) is 0.789. The lowest BCUT2D eigenvalue weighted by atomic mass is 9.95. The van der Waals surface area contributed by atoms with E-state index in [-0.39, 0.29) is 36.7 Å². The summed E-state index contributed by atoms with van der Waals surface area (Å²) in [5, 5.41) is 3.82. The second-order valence-corrected chi connectivity index (χ2v) is 6.38. The topological polar surface area (TPSA) is 15.3 Å². The monoisotopic (exact) mass is 370 g/mol. The van der Waals surface area contributed by atoms with E-state index in [1.165, 1.54) is 6.07 Å². The highest BCUT2D eigenvalue weighted by molar-refractivity contribution is 6.30. The predicted molar refractivity (Wildman–Crippen MR) is 97.2 cm³/mol. The number of piperazine rings is 1. The highest BCUT2D eigenvalue weighted by atomic mass is 35.5. The van der Waals surface area contributed by atoms with Crippen LogP contribution in [0.1, 0.15) is 38.3 Å². The predicted octanol–water partition coefficient (Wildman–Crippen LogP) is 4.71. The maximum absolute atomic E-state index is 14.3. The largest absolute Gasteiger partial charge is 0.314 e. The lowest BCUT2D eigenvalue weighted by Gasteiger charge is -2.35. The van der Waals surface area contributed by atoms with Gasteiger partial charge < -0.3 is 5.32 Å². The molecule has 1 fully saturated rings. The van der Waals surface area contributed by atoms with E-state index in [2.05, 4.69) is 24.1 Å². The fourth-order valence-corrected chi connectivity index (χ4v) is 2.95. The Morgan fingerprint density at radius 3 is 2.36 bits per heavy atom. The molecule has 2 nitrogen and oxygen atoms in total. The van der Waals surface area contributed by atoms with Gasteiger partial charge in [0.2, 0.25) is 0 Å². The Bertz CT molecular complexity index is 437. The second-order valence-electron chi connectivity index (χ2n) is 5.94. The van der Waals surface area contributed by atoms with E-state index in [0.29, 0.717) is 10.9 Å². The van der Waals surface area contributed by atoms with Crippen molar-refractivity contribution < 1.29 is 4.39 Å². The summed E-state index contributed by atoms with van der Waals surface area (Å²) in [4.78, 5) is 2.39. The van der Waals surface area contributed by atoms with Crippen LogP contribution in [0, 0.1) is 11.7 Å². The van der Waals surface area contributed by atoms with Crippen molar-refractivity contribution in [3.63, 3.8) is 0 Å². The van der Waals surface area contributed by atoms with Crippen LogP contribution in [0.5, 0.6) is 0 Å². The summed E-state index contributed by atoms with van der Waals surface area (Å²) in [6.45, 7) is 8.34. The molecule has 128 valence electrons. The van der Waals surface area contributed by atoms with Gasteiger partial charge in [-0.05, 0) is 30.9 Å². The number of halogens is 4. The van der Waals surface area contributed by atoms with Gasteiger partial charge in [-0.15, -0.1) is 24.8 Å². The summed E-state index contributed by atoms with van der Waals surface area (Å²) < 4.78 is 14.3. The van der Waals surface area contributed by atoms with E-state index < -0.39 is 0 Å². The van der Waals surface area contributed by atoms with E-state index in [1.54, 1.807) is 6.07 Å². The van der Waals surface area contributed by atoms with Crippen molar-refractivity contribution in [2.45, 2.75) is 32.7 Å². The Labute approximate surface area is 150 Å². The van der Waals surface area contributed by atoms with Gasteiger partial charge in [0.05, 0.1) is 0 Å². The molecular formula is C16H26Cl3FN2. The molecule has 0 aliphatic carbocycles. The lowest BCUT2D eigenvalue weighted by Crippen LogP contribution is -2.45. The molecule has 1 aliphatic heterocycles. The third kappa shape index (κ3) is 6.21. The van der Waals surface area contributed by atoms with Crippen LogP contribution >= 0.6 is 36.4 Å². The Kier molecular flexibility index (Phi) is 10.6. The number of benzene rings is 1. The molecule has 0 spiro atoms. The number of nitrogens with zero attached hydrogens (tertiary/aromatic N) is 1. The number of hydrogen-bond donors (Lipinski definition) is 1. The standard InChI is InChI=1S/C16H24ClFN2.2ClH/c1-12(2)3-6-16(20-9-7-19-8-10-20)14-5-4-13(17)11-15(14)18;;/h4-5,11-12,16,19H,3,6-10H2,1-2H3;2*1H/t16-;;/m1../s1. The first-order valence-corrected chi connectivity index (χ1v) is 7.85. The number of hydrogen-bond acceptors (Lipinski definition) is 2. The Hall–Kier alpha value is -0.0600. The highest BCUT2D eigenvalue weighted by Crippen LogP contribution is 2.30. The maximum atomic E-state index is 14.3. The van der Waals surface area contributed by atoms with E-state index >= 15 is 0 Å². The molecule has 1 aromatic rings. The summed E-state index contributed by atoms with van der Waals surface area (Å²) in [6.07, 6.45) is 2.10. The molecule has 0 saturated carbocycles. The summed E-state index contributed by atoms with van der Waals surface area (Å²) in [5.74, 6) is 0.459. The van der Waals surface area contributed by atoms with Gasteiger partial charge in [0.15, 0.2) is 0 Å². The fraction of sp³-hybridized carbons (Fsp3) is 0.625. The summed E-state index contributed by atoms with van der Waals surface area (Å²) in [7, 11) is 0. The maximum Gasteiger partial charge on any atom is 0.129 e. The molecule has 1 heterocycles. The summed E-state index contributed by atoms with van der Waals surface area (Å²) >= 11 is 5.87. The van der Waals surface area contributed by atoms with Gasteiger partial charge in [0.25, 0.3) is 0 Å². The zero-order valence-corrected chi connectivity index (χ0v) is 15.5. The molecule has 1 saturated heterocycles. The van der Waals surface area contributed by atoms with Crippen LogP contribution in [0.15, 0.2) is 18.2 Å². The van der Waals surface area contributed by atoms with Crippen molar-refractivity contribution >= 4 is 36.4 Å². The minimum absolute atomic E-state index is 0. The molecule has 1 atom stereocenters. The molecule has 6 heteroatoms. The highest BCUT2D eigenvalue weighted by Gasteiger charge is 2.24. The summed E-state index contributed by atoms with van der Waals surface area (Å²) in [6, 6.07) is 5.24. The SMILES string of the molecule is CC(C)CC[C@H](c1ccc(Cl)cc1F)N1CCNCC1.Cl.Cl. The second kappa shape index (κ2) is 10.7. The normalized spacial score (nSPS) is 16.8. The van der Waals surface area contributed by atoms with E-state index in [4.69, 9.17) is 11.6 Å². The van der Waals surface area contributed by atoms with Crippen molar-refractivity contribution in [1.82, 2.24) is 10.2 Å². The minimum atomic E-state index is -0.176. The molecule has 0 radical (unpaired) electrons. The first-order chi connectivity index (χ1) is 9.58. The van der Waals surface area contributed by atoms with Crippen LogP contribution in [0.2, 0.25) is 5.02 Å². The Balaban J connectivity index is 0.00000220. The van der Waals surface area contributed by atoms with Crippen LogP contribution in [-0.4, -0.2) is 31.1 Å². The van der Waals surface area contributed by atoms with Crippen LogP contribution in [0.3, 0.4) is 0 Å². The van der Waals surface area contributed by atoms with Crippen molar-refractivity contribution in [1.29, 1.82) is 0 Å². The minimum Gasteiger partial charge on any atom is -0.314 e. The van der Waals surface area contributed by atoms with Crippen molar-refractivity contribution in [2.75, 3.05) is 26.2 Å². The molecule has 1 aromatic carbocycles. The average Bonchev–Trinajstić information content (AvgIpc) is 2.42. The molecule has 22 heavy (non-hydrogen) atoms. The first kappa shape index (κ1) is 21.9. The van der Waals surface area contributed by atoms with Crippen molar-refractivity contribution in [3.8, 4) is 0 Å². The number of rotatable bonds is 5. The molecule has 1 N–H and O–H groups in total. The first-order valence-electron chi connectivity index (χ1n) is 7.47. The van der Waals surface area contributed by atoms with Crippen LogP contribution < -0.4 is 5.32 Å². The van der Waals surface area contributed by atoms with Crippen molar-refractivity contribution in [3.05, 3.63) is 34.6 Å². The van der Waals surface area contributed by atoms with Gasteiger partial charge in [-0.25, -0.2) is 4.39 Å². The van der Waals surface area contributed by atoms with Crippen LogP contribution in [0.25, 0.3) is 0 Å². The smallest absolute Gasteiger partial charge is 0.129 e. The molecule has 0 bridgehead atoms. The van der Waals surface area contributed by atoms with Gasteiger partial charge in [0, 0.05) is 42.8 Å². The zero-order valence-electron chi connectivity index (χ0n) is 13.1. The zero-order chi connectivity index (χ0) is 14.5. The third-order valence-corrected chi connectivity index (χ3v) is 4.17. The number of nitrogens with one attached hydrogen (secondary N) is 1. The molecule has 2 rings (SSSR count). The lowest BCUT2D eigenvalue weighted by molar-refractivity contribution is 0.156. The Morgan fingerprint density at radius 1 is 1.18 bits per heavy atom. The van der Waals surface area contributed by atoms with Gasteiger partial charge in [-0.2, -0.15) is 0 Å². The quantitative estimate of drug-likeness (QED) is 0.806. The van der Waals surface area contributed by atoms with Gasteiger partial charge >= 0.3 is 0 Å². The molecule has 0 aromatic heterocycles. The average molecular weight is 372 g/mol. The van der Waals surface area contributed by atoms with Crippen molar-refractivity contribution in [2.24, 2.45) is 5.92 Å². The van der Waals surface area contributed by atoms with Gasteiger partial charge in [0.1, 0.15) is 5.82 Å². The van der Waals surface area contributed by atoms with E-state index in [1.807, 2.05) is 6.07 Å². The molecule has 0 amide bonds. The van der Waals surface area contributed by atoms with Crippen LogP contribution in [0.4, 0.5) is 4.39 Å². The molecule has 0 unspecified atom stereocenters. The Morgan fingerprint density at radius 2 is 1.82 bits per heavy atom. The fourth-order valence-electron chi connectivity index (χ4n) is 2.79. The third-order valence-electron chi connectivity index (χ3n) is 3.93.